The number of aryl methyl sites for hydroxylation is 1. The minimum atomic E-state index is -0.318. The number of hydrogen-bond acceptors (Lipinski definition) is 5. The third-order valence-corrected chi connectivity index (χ3v) is 5.26. The molecule has 0 radical (unpaired) electrons. The van der Waals surface area contributed by atoms with E-state index in [9.17, 15) is 14.0 Å². The fourth-order valence-corrected chi connectivity index (χ4v) is 3.99. The van der Waals surface area contributed by atoms with Gasteiger partial charge in [-0.3, -0.25) is 14.2 Å². The van der Waals surface area contributed by atoms with Gasteiger partial charge in [-0.05, 0) is 30.5 Å². The lowest BCUT2D eigenvalue weighted by Gasteiger charge is -2.12. The summed E-state index contributed by atoms with van der Waals surface area (Å²) in [7, 11) is 1.35. The largest absolute Gasteiger partial charge is 0.469 e. The maximum absolute atomic E-state index is 13.2. The van der Waals surface area contributed by atoms with Gasteiger partial charge in [-0.15, -0.1) is 11.3 Å². The van der Waals surface area contributed by atoms with Crippen LogP contribution in [0.5, 0.6) is 0 Å². The maximum atomic E-state index is 13.2. The Hall–Kier alpha value is -2.54. The zero-order chi connectivity index (χ0) is 19.4. The van der Waals surface area contributed by atoms with E-state index in [-0.39, 0.29) is 23.8 Å². The van der Waals surface area contributed by atoms with E-state index < -0.39 is 0 Å². The second-order valence-corrected chi connectivity index (χ2v) is 7.11. The minimum Gasteiger partial charge on any atom is -0.469 e. The molecular formula is C20H21FN2O3S. The van der Waals surface area contributed by atoms with Crippen LogP contribution >= 0.6 is 11.3 Å². The number of thiophene rings is 1. The summed E-state index contributed by atoms with van der Waals surface area (Å²) in [6.45, 7) is 2.44. The lowest BCUT2D eigenvalue weighted by Crippen LogP contribution is -2.25. The highest BCUT2D eigenvalue weighted by Crippen LogP contribution is 2.31. The minimum absolute atomic E-state index is 0.117. The van der Waals surface area contributed by atoms with Crippen LogP contribution in [0.4, 0.5) is 4.39 Å². The number of carbonyl (C=O) groups is 1. The van der Waals surface area contributed by atoms with Gasteiger partial charge in [0.25, 0.3) is 5.56 Å². The molecule has 2 aromatic heterocycles. The van der Waals surface area contributed by atoms with Gasteiger partial charge in [-0.1, -0.05) is 19.1 Å². The zero-order valence-electron chi connectivity index (χ0n) is 15.3. The van der Waals surface area contributed by atoms with Crippen molar-refractivity contribution in [1.82, 2.24) is 9.55 Å². The molecule has 0 aliphatic rings. The van der Waals surface area contributed by atoms with Crippen molar-refractivity contribution < 1.29 is 13.9 Å². The predicted octanol–water partition coefficient (Wildman–Crippen LogP) is 4.17. The molecule has 5 nitrogen and oxygen atoms in total. The van der Waals surface area contributed by atoms with Gasteiger partial charge >= 0.3 is 5.97 Å². The van der Waals surface area contributed by atoms with Gasteiger partial charge in [-0.25, -0.2) is 9.37 Å². The Kier molecular flexibility index (Phi) is 6.01. The summed E-state index contributed by atoms with van der Waals surface area (Å²) in [5.74, 6) is 0.117. The van der Waals surface area contributed by atoms with Crippen LogP contribution in [0.25, 0.3) is 21.3 Å². The average molecular weight is 388 g/mol. The van der Waals surface area contributed by atoms with Crippen molar-refractivity contribution in [2.75, 3.05) is 7.11 Å². The van der Waals surface area contributed by atoms with Gasteiger partial charge in [0.15, 0.2) is 0 Å². The molecule has 27 heavy (non-hydrogen) atoms. The van der Waals surface area contributed by atoms with Crippen molar-refractivity contribution >= 4 is 27.5 Å². The lowest BCUT2D eigenvalue weighted by atomic mass is 10.1. The molecule has 7 heteroatoms. The smallest absolute Gasteiger partial charge is 0.305 e. The Bertz CT molecular complexity index is 1010. The number of fused-ring (bicyclic) bond motifs is 1. The maximum Gasteiger partial charge on any atom is 0.305 e. The van der Waals surface area contributed by atoms with Crippen LogP contribution in [0.3, 0.4) is 0 Å². The van der Waals surface area contributed by atoms with Gasteiger partial charge in [0.2, 0.25) is 0 Å². The third kappa shape index (κ3) is 4.08. The number of halogens is 1. The standard InChI is InChI=1S/C20H21FN2O3S/c1-3-5-16-22-19-18(20(25)23(16)11-4-6-17(24)26-2)15(12-27-19)13-7-9-14(21)10-8-13/h7-10,12H,3-6,11H2,1-2H3. The van der Waals surface area contributed by atoms with Crippen molar-refractivity contribution in [2.45, 2.75) is 39.2 Å². The van der Waals surface area contributed by atoms with E-state index in [4.69, 9.17) is 4.98 Å². The van der Waals surface area contributed by atoms with E-state index in [2.05, 4.69) is 4.74 Å². The summed E-state index contributed by atoms with van der Waals surface area (Å²) in [5, 5.41) is 2.44. The summed E-state index contributed by atoms with van der Waals surface area (Å²) in [5.41, 5.74) is 1.43. The highest BCUT2D eigenvalue weighted by atomic mass is 32.1. The van der Waals surface area contributed by atoms with Crippen LogP contribution in [-0.2, 0) is 22.5 Å². The Balaban J connectivity index is 2.06. The summed E-state index contributed by atoms with van der Waals surface area (Å²) in [4.78, 5) is 30.0. The fraction of sp³-hybridized carbons (Fsp3) is 0.350. The highest BCUT2D eigenvalue weighted by Gasteiger charge is 2.17. The summed E-state index contributed by atoms with van der Waals surface area (Å²) >= 11 is 1.42. The van der Waals surface area contributed by atoms with E-state index >= 15 is 0 Å². The van der Waals surface area contributed by atoms with Crippen LogP contribution in [0.15, 0.2) is 34.4 Å². The van der Waals surface area contributed by atoms with Crippen LogP contribution in [0.2, 0.25) is 0 Å². The molecule has 1 aromatic carbocycles. The topological polar surface area (TPSA) is 61.2 Å². The van der Waals surface area contributed by atoms with E-state index in [1.165, 1.54) is 30.6 Å². The van der Waals surface area contributed by atoms with Crippen molar-refractivity contribution in [3.63, 3.8) is 0 Å². The van der Waals surface area contributed by atoms with Crippen LogP contribution in [0, 0.1) is 5.82 Å². The van der Waals surface area contributed by atoms with Crippen molar-refractivity contribution in [3.8, 4) is 11.1 Å². The molecule has 2 heterocycles. The number of ether oxygens (including phenoxy) is 1. The van der Waals surface area contributed by atoms with E-state index in [1.807, 2.05) is 12.3 Å². The SMILES string of the molecule is CCCc1nc2scc(-c3ccc(F)cc3)c2c(=O)n1CCCC(=O)OC. The summed E-state index contributed by atoms with van der Waals surface area (Å²) in [6, 6.07) is 6.09. The molecule has 0 atom stereocenters. The van der Waals surface area contributed by atoms with Crippen LogP contribution in [-0.4, -0.2) is 22.6 Å². The molecule has 0 spiro atoms. The fourth-order valence-electron chi connectivity index (χ4n) is 3.04. The van der Waals surface area contributed by atoms with Gasteiger partial charge in [0.1, 0.15) is 16.5 Å². The molecule has 0 unspecified atom stereocenters. The number of methoxy groups -OCH3 is 1. The molecule has 0 fully saturated rings. The summed E-state index contributed by atoms with van der Waals surface area (Å²) < 4.78 is 19.6. The van der Waals surface area contributed by atoms with Crippen LogP contribution in [0.1, 0.15) is 32.0 Å². The van der Waals surface area contributed by atoms with Crippen molar-refractivity contribution in [1.29, 1.82) is 0 Å². The van der Waals surface area contributed by atoms with Gasteiger partial charge in [0.05, 0.1) is 12.5 Å². The first kappa shape index (κ1) is 19.2. The molecule has 142 valence electrons. The highest BCUT2D eigenvalue weighted by molar-refractivity contribution is 7.17. The molecule has 0 N–H and O–H groups in total. The van der Waals surface area contributed by atoms with Gasteiger partial charge in [0, 0.05) is 30.3 Å². The molecule has 0 saturated heterocycles. The Morgan fingerprint density at radius 3 is 2.70 bits per heavy atom. The first-order valence-electron chi connectivity index (χ1n) is 8.88. The third-order valence-electron chi connectivity index (χ3n) is 4.39. The molecule has 0 amide bonds. The molecule has 3 aromatic rings. The second-order valence-electron chi connectivity index (χ2n) is 6.25. The van der Waals surface area contributed by atoms with E-state index in [0.717, 1.165) is 23.4 Å². The molecule has 0 saturated carbocycles. The lowest BCUT2D eigenvalue weighted by molar-refractivity contribution is -0.140. The average Bonchev–Trinajstić information content (AvgIpc) is 3.09. The second kappa shape index (κ2) is 8.43. The first-order valence-corrected chi connectivity index (χ1v) is 9.76. The van der Waals surface area contributed by atoms with E-state index in [1.54, 1.807) is 16.7 Å². The van der Waals surface area contributed by atoms with Crippen molar-refractivity contribution in [3.05, 3.63) is 51.6 Å². The number of rotatable bonds is 7. The van der Waals surface area contributed by atoms with Gasteiger partial charge in [-0.2, -0.15) is 0 Å². The Morgan fingerprint density at radius 1 is 1.30 bits per heavy atom. The predicted molar refractivity (Wildman–Crippen MR) is 105 cm³/mol. The monoisotopic (exact) mass is 388 g/mol. The van der Waals surface area contributed by atoms with Gasteiger partial charge < -0.3 is 4.74 Å². The molecule has 0 aliphatic carbocycles. The number of carbonyl (C=O) groups excluding carboxylic acids is 1. The Labute approximate surface area is 160 Å². The normalized spacial score (nSPS) is 11.1. The molecule has 0 aliphatic heterocycles. The molecule has 0 bridgehead atoms. The summed E-state index contributed by atoms with van der Waals surface area (Å²) in [6.07, 6.45) is 2.31. The number of esters is 1. The first-order chi connectivity index (χ1) is 13.0. The number of aromatic nitrogens is 2. The van der Waals surface area contributed by atoms with Crippen LogP contribution < -0.4 is 5.56 Å². The number of hydrogen-bond donors (Lipinski definition) is 0. The number of benzene rings is 1. The molecule has 3 rings (SSSR count). The van der Waals surface area contributed by atoms with E-state index in [0.29, 0.717) is 29.6 Å². The zero-order valence-corrected chi connectivity index (χ0v) is 16.1. The quantitative estimate of drug-likeness (QED) is 0.570. The Morgan fingerprint density at radius 2 is 2.04 bits per heavy atom. The number of nitrogens with zero attached hydrogens (tertiary/aromatic N) is 2. The van der Waals surface area contributed by atoms with Crippen molar-refractivity contribution in [2.24, 2.45) is 0 Å². The molecular weight excluding hydrogens is 367 g/mol.